The molecule has 6 heteroatoms. The van der Waals surface area contributed by atoms with E-state index < -0.39 is 0 Å². The second-order valence-corrected chi connectivity index (χ2v) is 5.16. The molecule has 1 aromatic heterocycles. The van der Waals surface area contributed by atoms with Crippen molar-refractivity contribution in [2.45, 2.75) is 0 Å². The quantitative estimate of drug-likeness (QED) is 0.766. The van der Waals surface area contributed by atoms with Crippen LogP contribution in [0.3, 0.4) is 0 Å². The summed E-state index contributed by atoms with van der Waals surface area (Å²) in [6.07, 6.45) is 1.51. The van der Waals surface area contributed by atoms with Gasteiger partial charge in [-0.25, -0.2) is 9.97 Å². The van der Waals surface area contributed by atoms with E-state index >= 15 is 0 Å². The van der Waals surface area contributed by atoms with E-state index in [4.69, 9.17) is 9.47 Å². The summed E-state index contributed by atoms with van der Waals surface area (Å²) in [6, 6.07) is 17.1. The van der Waals surface area contributed by atoms with E-state index in [1.54, 1.807) is 20.3 Å². The molecule has 124 valence electrons. The van der Waals surface area contributed by atoms with E-state index in [1.165, 1.54) is 6.20 Å². The highest BCUT2D eigenvalue weighted by atomic mass is 16.5. The minimum Gasteiger partial charge on any atom is -0.497 e. The Kier molecular flexibility index (Phi) is 4.77. The minimum absolute atomic E-state index is 0.383. The third-order valence-corrected chi connectivity index (χ3v) is 3.56. The van der Waals surface area contributed by atoms with Crippen LogP contribution < -0.4 is 14.8 Å². The second kappa shape index (κ2) is 7.32. The van der Waals surface area contributed by atoms with Crippen molar-refractivity contribution in [2.75, 3.05) is 19.5 Å². The van der Waals surface area contributed by atoms with Gasteiger partial charge in [-0.15, -0.1) is 0 Å². The second-order valence-electron chi connectivity index (χ2n) is 5.16. The lowest BCUT2D eigenvalue weighted by Gasteiger charge is -2.11. The number of hydrogen-bond acceptors (Lipinski definition) is 6. The summed E-state index contributed by atoms with van der Waals surface area (Å²) < 4.78 is 10.5. The highest BCUT2D eigenvalue weighted by molar-refractivity contribution is 5.68. The van der Waals surface area contributed by atoms with Crippen molar-refractivity contribution in [2.24, 2.45) is 0 Å². The highest BCUT2D eigenvalue weighted by Gasteiger charge is 2.10. The van der Waals surface area contributed by atoms with E-state index in [9.17, 15) is 5.26 Å². The standard InChI is InChI=1S/C19H16N4O2/c1-24-16-8-15(9-17(10-16)25-2)22-19-21-12-14(11-20)18(23-19)13-6-4-3-5-7-13/h3-10,12H,1-2H3,(H,21,22,23). The van der Waals surface area contributed by atoms with Crippen LogP contribution in [0.5, 0.6) is 11.5 Å². The molecule has 2 aromatic carbocycles. The van der Waals surface area contributed by atoms with E-state index in [0.717, 1.165) is 11.3 Å². The van der Waals surface area contributed by atoms with Gasteiger partial charge in [0, 0.05) is 29.4 Å². The van der Waals surface area contributed by atoms with Crippen molar-refractivity contribution in [3.63, 3.8) is 0 Å². The number of hydrogen-bond donors (Lipinski definition) is 1. The number of aromatic nitrogens is 2. The maximum absolute atomic E-state index is 9.31. The van der Waals surface area contributed by atoms with Gasteiger partial charge < -0.3 is 14.8 Å². The molecule has 0 radical (unpaired) electrons. The first-order valence-corrected chi connectivity index (χ1v) is 7.56. The van der Waals surface area contributed by atoms with Crippen molar-refractivity contribution < 1.29 is 9.47 Å². The molecular formula is C19H16N4O2. The third kappa shape index (κ3) is 3.67. The summed E-state index contributed by atoms with van der Waals surface area (Å²) in [5.74, 6) is 1.69. The summed E-state index contributed by atoms with van der Waals surface area (Å²) in [5.41, 5.74) is 2.57. The number of nitriles is 1. The largest absolute Gasteiger partial charge is 0.497 e. The third-order valence-electron chi connectivity index (χ3n) is 3.56. The Labute approximate surface area is 145 Å². The molecule has 0 fully saturated rings. The Bertz CT molecular complexity index is 898. The highest BCUT2D eigenvalue weighted by Crippen LogP contribution is 2.28. The fourth-order valence-corrected chi connectivity index (χ4v) is 2.35. The molecule has 0 unspecified atom stereocenters. The predicted octanol–water partition coefficient (Wildman–Crippen LogP) is 3.78. The van der Waals surface area contributed by atoms with Crippen molar-refractivity contribution >= 4 is 11.6 Å². The van der Waals surface area contributed by atoms with Crippen LogP contribution in [0.2, 0.25) is 0 Å². The Morgan fingerprint density at radius 3 is 2.28 bits per heavy atom. The average molecular weight is 332 g/mol. The summed E-state index contributed by atoms with van der Waals surface area (Å²) in [5, 5.41) is 12.4. The number of anilines is 2. The number of methoxy groups -OCH3 is 2. The normalized spacial score (nSPS) is 9.96. The summed E-state index contributed by atoms with van der Waals surface area (Å²) in [7, 11) is 3.18. The van der Waals surface area contributed by atoms with Gasteiger partial charge in [0.15, 0.2) is 0 Å². The topological polar surface area (TPSA) is 80.1 Å². The molecule has 1 N–H and O–H groups in total. The molecule has 0 bridgehead atoms. The molecule has 0 saturated heterocycles. The summed E-state index contributed by atoms with van der Waals surface area (Å²) in [4.78, 5) is 8.71. The predicted molar refractivity (Wildman–Crippen MR) is 95.0 cm³/mol. The van der Waals surface area contributed by atoms with Crippen LogP contribution in [0.1, 0.15) is 5.56 Å². The number of nitrogens with one attached hydrogen (secondary N) is 1. The Morgan fingerprint density at radius 2 is 1.68 bits per heavy atom. The van der Waals surface area contributed by atoms with Gasteiger partial charge in [0.1, 0.15) is 17.6 Å². The summed E-state index contributed by atoms with van der Waals surface area (Å²) in [6.45, 7) is 0. The van der Waals surface area contributed by atoms with Crippen molar-refractivity contribution in [1.29, 1.82) is 5.26 Å². The first-order chi connectivity index (χ1) is 12.2. The van der Waals surface area contributed by atoms with Gasteiger partial charge in [-0.1, -0.05) is 30.3 Å². The van der Waals surface area contributed by atoms with Gasteiger partial charge in [-0.2, -0.15) is 5.26 Å². The molecular weight excluding hydrogens is 316 g/mol. The van der Waals surface area contributed by atoms with Crippen LogP contribution in [0.25, 0.3) is 11.3 Å². The number of ether oxygens (including phenoxy) is 2. The van der Waals surface area contributed by atoms with Crippen LogP contribution in [0.4, 0.5) is 11.6 Å². The minimum atomic E-state index is 0.383. The molecule has 3 rings (SSSR count). The number of nitrogens with zero attached hydrogens (tertiary/aromatic N) is 3. The smallest absolute Gasteiger partial charge is 0.227 e. The zero-order valence-corrected chi connectivity index (χ0v) is 13.9. The fourth-order valence-electron chi connectivity index (χ4n) is 2.35. The van der Waals surface area contributed by atoms with Crippen molar-refractivity contribution in [1.82, 2.24) is 9.97 Å². The van der Waals surface area contributed by atoms with Gasteiger partial charge in [0.25, 0.3) is 0 Å². The van der Waals surface area contributed by atoms with Gasteiger partial charge in [-0.05, 0) is 0 Å². The van der Waals surface area contributed by atoms with Gasteiger partial charge >= 0.3 is 0 Å². The molecule has 3 aromatic rings. The molecule has 0 spiro atoms. The molecule has 0 aliphatic heterocycles. The molecule has 0 amide bonds. The maximum atomic E-state index is 9.31. The number of benzene rings is 2. The monoisotopic (exact) mass is 332 g/mol. The van der Waals surface area contributed by atoms with Crippen LogP contribution >= 0.6 is 0 Å². The molecule has 0 saturated carbocycles. The SMILES string of the molecule is COc1cc(Nc2ncc(C#N)c(-c3ccccc3)n2)cc(OC)c1. The van der Waals surface area contributed by atoms with Crippen LogP contribution in [0.15, 0.2) is 54.7 Å². The molecule has 25 heavy (non-hydrogen) atoms. The Morgan fingerprint density at radius 1 is 1.00 bits per heavy atom. The lowest BCUT2D eigenvalue weighted by atomic mass is 10.1. The zero-order valence-electron chi connectivity index (χ0n) is 13.9. The van der Waals surface area contributed by atoms with Crippen LogP contribution in [0, 0.1) is 11.3 Å². The summed E-state index contributed by atoms with van der Waals surface area (Å²) >= 11 is 0. The zero-order chi connectivity index (χ0) is 17.6. The fraction of sp³-hybridized carbons (Fsp3) is 0.105. The van der Waals surface area contributed by atoms with E-state index in [1.807, 2.05) is 42.5 Å². The van der Waals surface area contributed by atoms with Gasteiger partial charge in [0.2, 0.25) is 5.95 Å². The molecule has 0 atom stereocenters. The molecule has 0 aliphatic rings. The van der Waals surface area contributed by atoms with Gasteiger partial charge in [-0.3, -0.25) is 0 Å². The van der Waals surface area contributed by atoms with Gasteiger partial charge in [0.05, 0.1) is 31.7 Å². The first-order valence-electron chi connectivity index (χ1n) is 7.56. The Balaban J connectivity index is 1.98. The lowest BCUT2D eigenvalue weighted by molar-refractivity contribution is 0.395. The van der Waals surface area contributed by atoms with E-state index in [0.29, 0.717) is 28.7 Å². The van der Waals surface area contributed by atoms with Crippen LogP contribution in [-0.4, -0.2) is 24.2 Å². The molecule has 6 nitrogen and oxygen atoms in total. The lowest BCUT2D eigenvalue weighted by Crippen LogP contribution is -2.01. The first kappa shape index (κ1) is 16.3. The van der Waals surface area contributed by atoms with Crippen molar-refractivity contribution in [3.8, 4) is 28.8 Å². The Hall–Kier alpha value is -3.59. The maximum Gasteiger partial charge on any atom is 0.227 e. The van der Waals surface area contributed by atoms with E-state index in [-0.39, 0.29) is 0 Å². The number of rotatable bonds is 5. The average Bonchev–Trinajstić information content (AvgIpc) is 2.68. The van der Waals surface area contributed by atoms with Crippen molar-refractivity contribution in [3.05, 3.63) is 60.3 Å². The molecule has 0 aliphatic carbocycles. The van der Waals surface area contributed by atoms with E-state index in [2.05, 4.69) is 21.4 Å². The van der Waals surface area contributed by atoms with Crippen LogP contribution in [-0.2, 0) is 0 Å². The molecule has 1 heterocycles.